The van der Waals surface area contributed by atoms with Gasteiger partial charge in [-0.2, -0.15) is 0 Å². The van der Waals surface area contributed by atoms with E-state index in [2.05, 4.69) is 25.6 Å². The smallest absolute Gasteiger partial charge is 0.388 e. The molecule has 10 heteroatoms. The van der Waals surface area contributed by atoms with Gasteiger partial charge in [0.25, 0.3) is 5.88 Å². The van der Waals surface area contributed by atoms with Gasteiger partial charge in [0.05, 0.1) is 28.1 Å². The van der Waals surface area contributed by atoms with Crippen molar-refractivity contribution in [2.75, 3.05) is 10.6 Å². The second kappa shape index (κ2) is 7.41. The number of carbonyl (C=O) groups excluding carboxylic acids is 1. The minimum Gasteiger partial charge on any atom is -0.388 e. The predicted molar refractivity (Wildman–Crippen MR) is 93.2 cm³/mol. The molecule has 1 aromatic carbocycles. The first-order chi connectivity index (χ1) is 12.0. The summed E-state index contributed by atoms with van der Waals surface area (Å²) in [6, 6.07) is 3.80. The third kappa shape index (κ3) is 4.40. The van der Waals surface area contributed by atoms with E-state index in [1.54, 1.807) is 19.3 Å². The van der Waals surface area contributed by atoms with Gasteiger partial charge in [-0.15, -0.1) is 0 Å². The van der Waals surface area contributed by atoms with Crippen molar-refractivity contribution >= 4 is 45.4 Å². The number of amides is 1. The van der Waals surface area contributed by atoms with Crippen LogP contribution in [0.5, 0.6) is 5.88 Å². The molecule has 0 bridgehead atoms. The first-order valence-electron chi connectivity index (χ1n) is 6.94. The van der Waals surface area contributed by atoms with Gasteiger partial charge in [-0.1, -0.05) is 22.9 Å². The molecule has 2 aromatic heterocycles. The number of carbonyl (C=O) groups is 1. The van der Waals surface area contributed by atoms with Crippen LogP contribution in [0.25, 0.3) is 0 Å². The van der Waals surface area contributed by atoms with Crippen molar-refractivity contribution in [1.29, 1.82) is 0 Å². The molecule has 0 radical (unpaired) electrons. The molecule has 0 unspecified atom stereocenters. The Morgan fingerprint density at radius 2 is 2.04 bits per heavy atom. The van der Waals surface area contributed by atoms with E-state index >= 15 is 0 Å². The first kappa shape index (κ1) is 17.1. The van der Waals surface area contributed by atoms with Crippen molar-refractivity contribution in [2.24, 2.45) is 0 Å². The Balaban J connectivity index is 1.71. The van der Waals surface area contributed by atoms with E-state index in [9.17, 15) is 9.18 Å². The van der Waals surface area contributed by atoms with Crippen LogP contribution in [0.2, 0.25) is 5.02 Å². The Bertz CT molecular complexity index is 906. The lowest BCUT2D eigenvalue weighted by atomic mass is 10.3. The molecule has 0 fully saturated rings. The Kier molecular flexibility index (Phi) is 5.05. The van der Waals surface area contributed by atoms with Crippen LogP contribution >= 0.6 is 22.9 Å². The molecule has 0 atom stereocenters. The van der Waals surface area contributed by atoms with E-state index in [1.165, 1.54) is 29.8 Å². The van der Waals surface area contributed by atoms with Crippen molar-refractivity contribution < 1.29 is 13.9 Å². The summed E-state index contributed by atoms with van der Waals surface area (Å²) in [5.74, 6) is -0.468. The highest BCUT2D eigenvalue weighted by Gasteiger charge is 2.16. The zero-order valence-corrected chi connectivity index (χ0v) is 14.4. The highest BCUT2D eigenvalue weighted by molar-refractivity contribution is 7.16. The summed E-state index contributed by atoms with van der Waals surface area (Å²) < 4.78 is 18.4. The molecule has 0 aliphatic rings. The molecule has 2 heterocycles. The number of halogens is 2. The van der Waals surface area contributed by atoms with Gasteiger partial charge in [0.2, 0.25) is 0 Å². The molecular formula is C15H11ClFN5O2S. The maximum atomic E-state index is 13.1. The molecule has 0 aliphatic carbocycles. The number of aromatic nitrogens is 3. The van der Waals surface area contributed by atoms with E-state index in [4.69, 9.17) is 16.3 Å². The van der Waals surface area contributed by atoms with E-state index in [-0.39, 0.29) is 10.9 Å². The predicted octanol–water partition coefficient (Wildman–Crippen LogP) is 4.39. The van der Waals surface area contributed by atoms with Gasteiger partial charge >= 0.3 is 6.09 Å². The Morgan fingerprint density at radius 1 is 1.28 bits per heavy atom. The summed E-state index contributed by atoms with van der Waals surface area (Å²) in [6.45, 7) is 1.78. The average molecular weight is 380 g/mol. The summed E-state index contributed by atoms with van der Waals surface area (Å²) in [7, 11) is 0. The van der Waals surface area contributed by atoms with Crippen LogP contribution in [0.4, 0.5) is 25.6 Å². The fourth-order valence-electron chi connectivity index (χ4n) is 1.86. The summed E-state index contributed by atoms with van der Waals surface area (Å²) >= 11 is 6.99. The van der Waals surface area contributed by atoms with Gasteiger partial charge in [-0.25, -0.2) is 24.1 Å². The van der Waals surface area contributed by atoms with E-state index < -0.39 is 11.9 Å². The lowest BCUT2D eigenvalue weighted by Crippen LogP contribution is -2.17. The molecule has 3 rings (SSSR count). The van der Waals surface area contributed by atoms with Gasteiger partial charge in [-0.3, -0.25) is 5.32 Å². The maximum Gasteiger partial charge on any atom is 0.418 e. The number of hydrogen-bond acceptors (Lipinski definition) is 7. The van der Waals surface area contributed by atoms with Crippen molar-refractivity contribution in [3.05, 3.63) is 52.8 Å². The fraction of sp³-hybridized carbons (Fsp3) is 0.0667. The molecule has 7 nitrogen and oxygen atoms in total. The number of benzene rings is 1. The van der Waals surface area contributed by atoms with Crippen molar-refractivity contribution in [1.82, 2.24) is 15.0 Å². The van der Waals surface area contributed by atoms with Gasteiger partial charge in [0.15, 0.2) is 5.00 Å². The van der Waals surface area contributed by atoms with E-state index in [0.29, 0.717) is 21.4 Å². The average Bonchev–Trinajstić information content (AvgIpc) is 2.91. The highest BCUT2D eigenvalue weighted by Crippen LogP contribution is 2.33. The topological polar surface area (TPSA) is 89.0 Å². The van der Waals surface area contributed by atoms with Crippen molar-refractivity contribution in [3.63, 3.8) is 0 Å². The number of anilines is 3. The summed E-state index contributed by atoms with van der Waals surface area (Å²) in [6.07, 6.45) is 3.78. The SMILES string of the molecule is Cc1nc(OC(=O)Nc2ccc(F)c(Cl)c2)c(Nc2cncnc2)s1. The number of nitrogens with zero attached hydrogens (tertiary/aromatic N) is 3. The molecule has 3 aromatic rings. The Morgan fingerprint density at radius 3 is 2.76 bits per heavy atom. The number of rotatable bonds is 4. The van der Waals surface area contributed by atoms with Crippen LogP contribution in [0.1, 0.15) is 5.01 Å². The normalized spacial score (nSPS) is 10.4. The second-order valence-electron chi connectivity index (χ2n) is 4.76. The zero-order chi connectivity index (χ0) is 17.8. The standard InChI is InChI=1S/C15H11ClFN5O2S/c1-8-20-13(14(25-8)21-10-5-18-7-19-6-10)24-15(23)22-9-2-3-12(17)11(16)4-9/h2-7,21H,1H3,(H,22,23). The van der Waals surface area contributed by atoms with Crippen molar-refractivity contribution in [2.45, 2.75) is 6.92 Å². The quantitative estimate of drug-likeness (QED) is 0.698. The van der Waals surface area contributed by atoms with Crippen LogP contribution in [0.15, 0.2) is 36.9 Å². The summed E-state index contributed by atoms with van der Waals surface area (Å²) in [4.78, 5) is 24.0. The van der Waals surface area contributed by atoms with Crippen LogP contribution < -0.4 is 15.4 Å². The molecule has 25 heavy (non-hydrogen) atoms. The molecule has 0 spiro atoms. The number of ether oxygens (including phenoxy) is 1. The number of aryl methyl sites for hydroxylation is 1. The third-order valence-electron chi connectivity index (χ3n) is 2.88. The zero-order valence-electron chi connectivity index (χ0n) is 12.8. The number of thiazole rings is 1. The minimum atomic E-state index is -0.777. The summed E-state index contributed by atoms with van der Waals surface area (Å²) in [5.41, 5.74) is 0.927. The van der Waals surface area contributed by atoms with Gasteiger partial charge in [0, 0.05) is 5.69 Å². The van der Waals surface area contributed by atoms with Crippen LogP contribution in [0.3, 0.4) is 0 Å². The highest BCUT2D eigenvalue weighted by atomic mass is 35.5. The molecular weight excluding hydrogens is 369 g/mol. The van der Waals surface area contributed by atoms with Gasteiger partial charge < -0.3 is 10.1 Å². The number of nitrogens with one attached hydrogen (secondary N) is 2. The fourth-order valence-corrected chi connectivity index (χ4v) is 2.80. The minimum absolute atomic E-state index is 0.103. The van der Waals surface area contributed by atoms with Crippen LogP contribution in [0, 0.1) is 12.7 Å². The molecule has 0 aliphatic heterocycles. The molecule has 2 N–H and O–H groups in total. The van der Waals surface area contributed by atoms with E-state index in [1.807, 2.05) is 0 Å². The first-order valence-corrected chi connectivity index (χ1v) is 8.14. The second-order valence-corrected chi connectivity index (χ2v) is 6.37. The summed E-state index contributed by atoms with van der Waals surface area (Å²) in [5, 5.41) is 6.62. The monoisotopic (exact) mass is 379 g/mol. The van der Waals surface area contributed by atoms with Gasteiger partial charge in [0.1, 0.15) is 12.1 Å². The molecule has 128 valence electrons. The lowest BCUT2D eigenvalue weighted by molar-refractivity contribution is 0.214. The molecule has 0 saturated carbocycles. The Hall–Kier alpha value is -2.78. The maximum absolute atomic E-state index is 13.1. The van der Waals surface area contributed by atoms with Gasteiger partial charge in [-0.05, 0) is 25.1 Å². The van der Waals surface area contributed by atoms with Crippen LogP contribution in [-0.2, 0) is 0 Å². The van der Waals surface area contributed by atoms with E-state index in [0.717, 1.165) is 6.07 Å². The van der Waals surface area contributed by atoms with Crippen LogP contribution in [-0.4, -0.2) is 21.0 Å². The largest absolute Gasteiger partial charge is 0.418 e. The lowest BCUT2D eigenvalue weighted by Gasteiger charge is -2.08. The Labute approximate surface area is 150 Å². The number of hydrogen-bond donors (Lipinski definition) is 2. The molecule has 1 amide bonds. The molecule has 0 saturated heterocycles. The third-order valence-corrected chi connectivity index (χ3v) is 4.03. The van der Waals surface area contributed by atoms with Crippen molar-refractivity contribution in [3.8, 4) is 5.88 Å².